The third-order valence-corrected chi connectivity index (χ3v) is 7.67. The topological polar surface area (TPSA) is 71.0 Å². The molecule has 2 aromatic carbocycles. The smallest absolute Gasteiger partial charge is 0.247 e. The van der Waals surface area contributed by atoms with E-state index in [1.165, 1.54) is 4.70 Å². The quantitative estimate of drug-likeness (QED) is 0.382. The summed E-state index contributed by atoms with van der Waals surface area (Å²) in [5, 5.41) is 7.10. The average molecular weight is 458 g/mol. The van der Waals surface area contributed by atoms with Gasteiger partial charge in [-0.15, -0.1) is 22.7 Å². The van der Waals surface area contributed by atoms with E-state index < -0.39 is 0 Å². The molecule has 0 saturated carbocycles. The second-order valence-electron chi connectivity index (χ2n) is 7.74. The van der Waals surface area contributed by atoms with Crippen LogP contribution in [0.5, 0.6) is 0 Å². The Kier molecular flexibility index (Phi) is 4.81. The Morgan fingerprint density at radius 3 is 2.81 bits per heavy atom. The second-order valence-corrected chi connectivity index (χ2v) is 9.67. The zero-order valence-electron chi connectivity index (χ0n) is 17.1. The van der Waals surface area contributed by atoms with E-state index in [1.807, 2.05) is 53.9 Å². The molecule has 0 bridgehead atoms. The molecule has 1 unspecified atom stereocenters. The Labute approximate surface area is 192 Å². The van der Waals surface area contributed by atoms with E-state index in [1.54, 1.807) is 29.0 Å². The van der Waals surface area contributed by atoms with Crippen LogP contribution in [0.4, 0.5) is 11.5 Å². The lowest BCUT2D eigenvalue weighted by Crippen LogP contribution is -2.40. The van der Waals surface area contributed by atoms with Crippen molar-refractivity contribution in [2.75, 3.05) is 16.8 Å². The normalized spacial score (nSPS) is 16.1. The molecule has 0 radical (unpaired) electrons. The zero-order chi connectivity index (χ0) is 21.5. The van der Waals surface area contributed by atoms with Crippen LogP contribution >= 0.6 is 22.7 Å². The number of aromatic nitrogens is 3. The summed E-state index contributed by atoms with van der Waals surface area (Å²) in [6, 6.07) is 17.8. The summed E-state index contributed by atoms with van der Waals surface area (Å²) in [5.74, 6) is 0.845. The number of hydrogen-bond donors (Lipinski definition) is 1. The number of anilines is 2. The van der Waals surface area contributed by atoms with Crippen LogP contribution in [-0.4, -0.2) is 33.4 Å². The van der Waals surface area contributed by atoms with E-state index in [2.05, 4.69) is 26.3 Å². The van der Waals surface area contributed by atoms with Crippen LogP contribution in [0, 0.1) is 0 Å². The fourth-order valence-electron chi connectivity index (χ4n) is 4.22. The summed E-state index contributed by atoms with van der Waals surface area (Å²) >= 11 is 3.26. The zero-order valence-corrected chi connectivity index (χ0v) is 18.7. The van der Waals surface area contributed by atoms with Crippen LogP contribution < -0.4 is 10.2 Å². The Morgan fingerprint density at radius 1 is 1.06 bits per heavy atom. The summed E-state index contributed by atoms with van der Waals surface area (Å²) in [7, 11) is 0. The number of para-hydroxylation sites is 1. The van der Waals surface area contributed by atoms with Crippen LogP contribution in [0.15, 0.2) is 66.3 Å². The highest BCUT2D eigenvalue weighted by Crippen LogP contribution is 2.33. The maximum absolute atomic E-state index is 13.1. The summed E-state index contributed by atoms with van der Waals surface area (Å²) in [4.78, 5) is 29.8. The van der Waals surface area contributed by atoms with Gasteiger partial charge < -0.3 is 10.2 Å². The van der Waals surface area contributed by atoms with Crippen molar-refractivity contribution in [1.82, 2.24) is 15.0 Å². The minimum absolute atomic E-state index is 0.00257. The lowest BCUT2D eigenvalue weighted by Gasteiger charge is -2.25. The highest BCUT2D eigenvalue weighted by atomic mass is 32.1. The number of hydrogen-bond acceptors (Lipinski definition) is 7. The molecule has 1 aliphatic heterocycles. The van der Waals surface area contributed by atoms with Gasteiger partial charge in [-0.25, -0.2) is 15.0 Å². The first kappa shape index (κ1) is 19.3. The molecule has 1 fully saturated rings. The number of nitrogens with zero attached hydrogens (tertiary/aromatic N) is 4. The van der Waals surface area contributed by atoms with E-state index in [0.717, 1.165) is 57.2 Å². The molecule has 0 spiro atoms. The number of carbonyl (C=O) groups is 1. The van der Waals surface area contributed by atoms with Gasteiger partial charge in [0.2, 0.25) is 5.91 Å². The summed E-state index contributed by atoms with van der Waals surface area (Å²) in [5.41, 5.74) is 2.85. The molecule has 5 aromatic rings. The van der Waals surface area contributed by atoms with Gasteiger partial charge in [0.15, 0.2) is 0 Å². The first-order valence-corrected chi connectivity index (χ1v) is 12.2. The molecular formula is C24H19N5OS2. The van der Waals surface area contributed by atoms with Crippen LogP contribution in [0.1, 0.15) is 12.8 Å². The van der Waals surface area contributed by atoms with Gasteiger partial charge in [-0.2, -0.15) is 0 Å². The summed E-state index contributed by atoms with van der Waals surface area (Å²) in [6.07, 6.45) is 3.36. The number of fused-ring (bicyclic) bond motifs is 2. The number of thiophene rings is 1. The Bertz CT molecular complexity index is 1390. The molecule has 6 nitrogen and oxygen atoms in total. The molecule has 3 aromatic heterocycles. The van der Waals surface area contributed by atoms with Crippen molar-refractivity contribution >= 4 is 60.5 Å². The Morgan fingerprint density at radius 2 is 1.94 bits per heavy atom. The number of benzene rings is 2. The number of carbonyl (C=O) groups excluding carboxylic acids is 1. The fourth-order valence-corrected chi connectivity index (χ4v) is 5.91. The van der Waals surface area contributed by atoms with Gasteiger partial charge in [0, 0.05) is 17.8 Å². The van der Waals surface area contributed by atoms with E-state index in [9.17, 15) is 4.79 Å². The molecule has 1 saturated heterocycles. The second kappa shape index (κ2) is 7.96. The van der Waals surface area contributed by atoms with Crippen LogP contribution in [0.25, 0.3) is 31.0 Å². The molecule has 32 heavy (non-hydrogen) atoms. The molecule has 1 atom stereocenters. The van der Waals surface area contributed by atoms with Crippen molar-refractivity contribution in [1.29, 1.82) is 0 Å². The van der Waals surface area contributed by atoms with Gasteiger partial charge in [0.1, 0.15) is 28.0 Å². The van der Waals surface area contributed by atoms with Crippen molar-refractivity contribution in [2.24, 2.45) is 0 Å². The molecule has 4 heterocycles. The predicted molar refractivity (Wildman–Crippen MR) is 131 cm³/mol. The van der Waals surface area contributed by atoms with Crippen molar-refractivity contribution in [3.8, 4) is 10.6 Å². The number of rotatable bonds is 4. The number of nitrogens with one attached hydrogen (secondary N) is 1. The largest absolute Gasteiger partial charge is 0.344 e. The monoisotopic (exact) mass is 457 g/mol. The molecule has 1 N–H and O–H groups in total. The van der Waals surface area contributed by atoms with Crippen molar-refractivity contribution in [3.63, 3.8) is 0 Å². The van der Waals surface area contributed by atoms with Crippen molar-refractivity contribution in [3.05, 3.63) is 66.3 Å². The first-order valence-electron chi connectivity index (χ1n) is 10.5. The summed E-state index contributed by atoms with van der Waals surface area (Å²) < 4.78 is 1.17. The van der Waals surface area contributed by atoms with Crippen LogP contribution in [0.3, 0.4) is 0 Å². The van der Waals surface area contributed by atoms with E-state index in [0.29, 0.717) is 0 Å². The van der Waals surface area contributed by atoms with Crippen molar-refractivity contribution in [2.45, 2.75) is 18.9 Å². The highest BCUT2D eigenvalue weighted by Gasteiger charge is 2.32. The van der Waals surface area contributed by atoms with Gasteiger partial charge in [0.05, 0.1) is 15.6 Å². The van der Waals surface area contributed by atoms with E-state index in [-0.39, 0.29) is 11.9 Å². The van der Waals surface area contributed by atoms with E-state index in [4.69, 9.17) is 4.98 Å². The standard InChI is InChI=1S/C24H19N5OS2/c30-22(19-5-3-12-29(19)21-17-11-13-31-24(17)26-14-25-21)27-16-9-7-15(8-10-16)23-28-18-4-1-2-6-20(18)32-23/h1-2,4,6-11,13-14,19H,3,5,12H2,(H,27,30). The van der Waals surface area contributed by atoms with Gasteiger partial charge in [-0.3, -0.25) is 4.79 Å². The van der Waals surface area contributed by atoms with Gasteiger partial charge in [-0.1, -0.05) is 12.1 Å². The minimum Gasteiger partial charge on any atom is -0.344 e. The molecule has 1 amide bonds. The molecular weight excluding hydrogens is 438 g/mol. The maximum atomic E-state index is 13.1. The Balaban J connectivity index is 1.21. The SMILES string of the molecule is O=C(Nc1ccc(-c2nc3ccccc3s2)cc1)C1CCCN1c1ncnc2sccc12. The van der Waals surface area contributed by atoms with Gasteiger partial charge >= 0.3 is 0 Å². The van der Waals surface area contributed by atoms with E-state index >= 15 is 0 Å². The predicted octanol–water partition coefficient (Wildman–Crippen LogP) is 5.58. The Hall–Kier alpha value is -3.36. The van der Waals surface area contributed by atoms with Crippen LogP contribution in [0.2, 0.25) is 0 Å². The average Bonchev–Trinajstić information content (AvgIpc) is 3.58. The molecule has 158 valence electrons. The third kappa shape index (κ3) is 3.41. The number of amides is 1. The molecule has 0 aliphatic carbocycles. The lowest BCUT2D eigenvalue weighted by atomic mass is 10.1. The maximum Gasteiger partial charge on any atom is 0.247 e. The summed E-state index contributed by atoms with van der Waals surface area (Å²) in [6.45, 7) is 0.816. The van der Waals surface area contributed by atoms with Crippen molar-refractivity contribution < 1.29 is 4.79 Å². The molecule has 8 heteroatoms. The lowest BCUT2D eigenvalue weighted by molar-refractivity contribution is -0.117. The highest BCUT2D eigenvalue weighted by molar-refractivity contribution is 7.21. The fraction of sp³-hybridized carbons (Fsp3) is 0.167. The van der Waals surface area contributed by atoms with Crippen LogP contribution in [-0.2, 0) is 4.79 Å². The first-order chi connectivity index (χ1) is 15.8. The number of thiazole rings is 1. The van der Waals surface area contributed by atoms with Gasteiger partial charge in [-0.05, 0) is 60.7 Å². The molecule has 1 aliphatic rings. The third-order valence-electron chi connectivity index (χ3n) is 5.76. The molecule has 6 rings (SSSR count). The van der Waals surface area contributed by atoms with Gasteiger partial charge in [0.25, 0.3) is 0 Å². The minimum atomic E-state index is -0.239.